The van der Waals surface area contributed by atoms with Gasteiger partial charge in [-0.15, -0.1) is 0 Å². The van der Waals surface area contributed by atoms with E-state index in [0.717, 1.165) is 12.0 Å². The van der Waals surface area contributed by atoms with Gasteiger partial charge in [-0.25, -0.2) is 0 Å². The third kappa shape index (κ3) is 7.35. The molecule has 0 saturated carbocycles. The minimum Gasteiger partial charge on any atom is -0.352 e. The van der Waals surface area contributed by atoms with Crippen molar-refractivity contribution < 1.29 is 4.79 Å². The van der Waals surface area contributed by atoms with Gasteiger partial charge in [-0.1, -0.05) is 54.1 Å². The fourth-order valence-corrected chi connectivity index (χ4v) is 3.25. The van der Waals surface area contributed by atoms with Crippen LogP contribution in [-0.4, -0.2) is 24.0 Å². The molecule has 0 spiro atoms. The Morgan fingerprint density at radius 1 is 1.15 bits per heavy atom. The zero-order valence-electron chi connectivity index (χ0n) is 14.5. The summed E-state index contributed by atoms with van der Waals surface area (Å²) in [7, 11) is 0. The first-order valence-corrected chi connectivity index (χ1v) is 9.95. The summed E-state index contributed by atoms with van der Waals surface area (Å²) < 4.78 is 0. The van der Waals surface area contributed by atoms with Crippen LogP contribution in [-0.2, 0) is 11.2 Å². The lowest BCUT2D eigenvalue weighted by molar-refractivity contribution is -0.117. The average molecular weight is 385 g/mol. The Morgan fingerprint density at radius 2 is 1.88 bits per heavy atom. The van der Waals surface area contributed by atoms with E-state index >= 15 is 0 Å². The summed E-state index contributed by atoms with van der Waals surface area (Å²) in [6.07, 6.45) is 3.16. The molecule has 2 aromatic carbocycles. The van der Waals surface area contributed by atoms with Crippen molar-refractivity contribution >= 4 is 35.3 Å². The van der Waals surface area contributed by atoms with E-state index < -0.39 is 0 Å². The van der Waals surface area contributed by atoms with Gasteiger partial charge in [0.1, 0.15) is 0 Å². The second kappa shape index (κ2) is 11.4. The number of hydrogen-bond donors (Lipinski definition) is 1. The number of halogens is 1. The summed E-state index contributed by atoms with van der Waals surface area (Å²) in [4.78, 5) is 12.6. The Hall–Kier alpha value is -2.22. The molecule has 0 bridgehead atoms. The largest absolute Gasteiger partial charge is 0.352 e. The predicted octanol–water partition coefficient (Wildman–Crippen LogP) is 4.73. The van der Waals surface area contributed by atoms with E-state index in [-0.39, 0.29) is 5.91 Å². The van der Waals surface area contributed by atoms with Crippen molar-refractivity contribution in [1.29, 1.82) is 5.26 Å². The summed E-state index contributed by atoms with van der Waals surface area (Å²) >= 11 is 7.51. The van der Waals surface area contributed by atoms with Crippen molar-refractivity contribution in [2.45, 2.75) is 12.8 Å². The molecule has 0 heterocycles. The predicted molar refractivity (Wildman–Crippen MR) is 110 cm³/mol. The van der Waals surface area contributed by atoms with Gasteiger partial charge in [-0.3, -0.25) is 4.79 Å². The molecule has 134 valence electrons. The molecule has 0 saturated heterocycles. The number of amides is 1. The van der Waals surface area contributed by atoms with Crippen molar-refractivity contribution in [3.8, 4) is 6.07 Å². The van der Waals surface area contributed by atoms with Crippen molar-refractivity contribution in [3.05, 3.63) is 76.3 Å². The maximum Gasteiger partial charge on any atom is 0.248 e. The standard InChI is InChI=1S/C21H21ClN2OS/c22-20-9-7-18(8-10-20)15-19(16-26-14-4-12-23)21(25)24-13-11-17-5-2-1-3-6-17/h1-3,5-10,15H,4,11,13-14,16H2,(H,24,25)/b19-15+. The molecular formula is C21H21ClN2OS. The molecule has 26 heavy (non-hydrogen) atoms. The molecule has 0 fully saturated rings. The molecule has 0 aromatic heterocycles. The zero-order chi connectivity index (χ0) is 18.6. The normalized spacial score (nSPS) is 11.0. The number of nitrogens with zero attached hydrogens (tertiary/aromatic N) is 1. The first kappa shape index (κ1) is 20.1. The quantitative estimate of drug-likeness (QED) is 0.502. The van der Waals surface area contributed by atoms with Crippen LogP contribution in [0.3, 0.4) is 0 Å². The molecule has 1 N–H and O–H groups in total. The van der Waals surface area contributed by atoms with Crippen LogP contribution in [0.4, 0.5) is 0 Å². The van der Waals surface area contributed by atoms with Crippen LogP contribution in [0.2, 0.25) is 5.02 Å². The lowest BCUT2D eigenvalue weighted by Gasteiger charge is -2.09. The number of thioether (sulfide) groups is 1. The minimum absolute atomic E-state index is 0.0691. The molecule has 0 unspecified atom stereocenters. The van der Waals surface area contributed by atoms with Crippen LogP contribution in [0.25, 0.3) is 6.08 Å². The topological polar surface area (TPSA) is 52.9 Å². The van der Waals surface area contributed by atoms with Crippen LogP contribution in [0, 0.1) is 11.3 Å². The van der Waals surface area contributed by atoms with Gasteiger partial charge in [-0.2, -0.15) is 17.0 Å². The van der Waals surface area contributed by atoms with E-state index in [1.807, 2.05) is 48.5 Å². The van der Waals surface area contributed by atoms with Gasteiger partial charge in [0.25, 0.3) is 0 Å². The molecule has 2 rings (SSSR count). The third-order valence-corrected chi connectivity index (χ3v) is 4.92. The highest BCUT2D eigenvalue weighted by Gasteiger charge is 2.10. The van der Waals surface area contributed by atoms with E-state index in [0.29, 0.717) is 35.1 Å². The van der Waals surface area contributed by atoms with Gasteiger partial charge in [0, 0.05) is 35.1 Å². The number of hydrogen-bond acceptors (Lipinski definition) is 3. The average Bonchev–Trinajstić information content (AvgIpc) is 2.66. The Bertz CT molecular complexity index is 767. The third-order valence-electron chi connectivity index (χ3n) is 3.66. The zero-order valence-corrected chi connectivity index (χ0v) is 16.0. The van der Waals surface area contributed by atoms with Crippen molar-refractivity contribution in [2.24, 2.45) is 0 Å². The van der Waals surface area contributed by atoms with Crippen LogP contribution in [0.15, 0.2) is 60.2 Å². The molecule has 0 atom stereocenters. The van der Waals surface area contributed by atoms with Gasteiger partial charge < -0.3 is 5.32 Å². The van der Waals surface area contributed by atoms with Crippen LogP contribution in [0.1, 0.15) is 17.5 Å². The first-order valence-electron chi connectivity index (χ1n) is 8.42. The number of benzene rings is 2. The van der Waals surface area contributed by atoms with Crippen molar-refractivity contribution in [2.75, 3.05) is 18.1 Å². The Balaban J connectivity index is 1.98. The maximum absolute atomic E-state index is 12.6. The first-order chi connectivity index (χ1) is 12.7. The molecule has 2 aromatic rings. The second-order valence-corrected chi connectivity index (χ2v) is 7.21. The monoisotopic (exact) mass is 384 g/mol. The molecule has 3 nitrogen and oxygen atoms in total. The molecule has 0 aliphatic carbocycles. The highest BCUT2D eigenvalue weighted by molar-refractivity contribution is 7.99. The summed E-state index contributed by atoms with van der Waals surface area (Å²) in [5, 5.41) is 12.3. The molecule has 5 heteroatoms. The minimum atomic E-state index is -0.0691. The molecule has 0 aliphatic heterocycles. The fraction of sp³-hybridized carbons (Fsp3) is 0.238. The van der Waals surface area contributed by atoms with Crippen molar-refractivity contribution in [1.82, 2.24) is 5.32 Å². The molecule has 0 aliphatic rings. The van der Waals surface area contributed by atoms with E-state index in [4.69, 9.17) is 16.9 Å². The van der Waals surface area contributed by atoms with E-state index in [2.05, 4.69) is 11.4 Å². The number of carbonyl (C=O) groups excluding carboxylic acids is 1. The maximum atomic E-state index is 12.6. The Morgan fingerprint density at radius 3 is 2.58 bits per heavy atom. The van der Waals surface area contributed by atoms with Gasteiger partial charge in [0.15, 0.2) is 0 Å². The van der Waals surface area contributed by atoms with Crippen molar-refractivity contribution in [3.63, 3.8) is 0 Å². The van der Waals surface area contributed by atoms with Crippen LogP contribution < -0.4 is 5.32 Å². The Labute approximate surface area is 164 Å². The number of nitrogens with one attached hydrogen (secondary N) is 1. The number of nitriles is 1. The van der Waals surface area contributed by atoms with E-state index in [1.54, 1.807) is 23.9 Å². The van der Waals surface area contributed by atoms with Crippen LogP contribution >= 0.6 is 23.4 Å². The summed E-state index contributed by atoms with van der Waals surface area (Å²) in [5.41, 5.74) is 2.83. The fourth-order valence-electron chi connectivity index (χ4n) is 2.31. The van der Waals surface area contributed by atoms with Gasteiger partial charge in [0.05, 0.1) is 6.07 Å². The molecular weight excluding hydrogens is 364 g/mol. The molecule has 0 radical (unpaired) electrons. The number of rotatable bonds is 9. The molecule has 1 amide bonds. The van der Waals surface area contributed by atoms with Crippen LogP contribution in [0.5, 0.6) is 0 Å². The highest BCUT2D eigenvalue weighted by atomic mass is 35.5. The lowest BCUT2D eigenvalue weighted by atomic mass is 10.1. The summed E-state index contributed by atoms with van der Waals surface area (Å²) in [6, 6.07) is 19.6. The van der Waals surface area contributed by atoms with Gasteiger partial charge in [-0.05, 0) is 35.8 Å². The smallest absolute Gasteiger partial charge is 0.248 e. The van der Waals surface area contributed by atoms with Gasteiger partial charge >= 0.3 is 0 Å². The number of carbonyl (C=O) groups is 1. The lowest BCUT2D eigenvalue weighted by Crippen LogP contribution is -2.28. The highest BCUT2D eigenvalue weighted by Crippen LogP contribution is 2.16. The SMILES string of the molecule is N#CCCSC/C(=C\c1ccc(Cl)cc1)C(=O)NCCc1ccccc1. The summed E-state index contributed by atoms with van der Waals surface area (Å²) in [6.45, 7) is 0.587. The van der Waals surface area contributed by atoms with E-state index in [9.17, 15) is 4.79 Å². The second-order valence-electron chi connectivity index (χ2n) is 5.67. The van der Waals surface area contributed by atoms with Gasteiger partial charge in [0.2, 0.25) is 5.91 Å². The van der Waals surface area contributed by atoms with E-state index in [1.165, 1.54) is 5.56 Å². The Kier molecular flexibility index (Phi) is 8.82. The summed E-state index contributed by atoms with van der Waals surface area (Å²) in [5.74, 6) is 1.22.